The van der Waals surface area contributed by atoms with E-state index in [0.29, 0.717) is 17.7 Å². The number of fused-ring (bicyclic) bond motifs is 3. The first-order valence-corrected chi connectivity index (χ1v) is 10.4. The second kappa shape index (κ2) is 7.18. The van der Waals surface area contributed by atoms with Crippen LogP contribution in [0.5, 0.6) is 0 Å². The molecule has 1 amide bonds. The van der Waals surface area contributed by atoms with Gasteiger partial charge in [0.2, 0.25) is 5.78 Å². The minimum absolute atomic E-state index is 0.0263. The molecule has 5 N–H and O–H groups in total. The van der Waals surface area contributed by atoms with Crippen LogP contribution in [0.25, 0.3) is 0 Å². The summed E-state index contributed by atoms with van der Waals surface area (Å²) in [5.41, 5.74) is 3.90. The fraction of sp³-hybridized carbons (Fsp3) is 0.435. The summed E-state index contributed by atoms with van der Waals surface area (Å²) >= 11 is 0. The van der Waals surface area contributed by atoms with Gasteiger partial charge in [-0.3, -0.25) is 19.3 Å². The molecule has 9 heteroatoms. The van der Waals surface area contributed by atoms with E-state index in [2.05, 4.69) is 0 Å². The molecule has 0 bridgehead atoms. The van der Waals surface area contributed by atoms with Gasteiger partial charge >= 0.3 is 0 Å². The van der Waals surface area contributed by atoms with Gasteiger partial charge in [-0.05, 0) is 44.5 Å². The molecule has 1 aromatic rings. The van der Waals surface area contributed by atoms with Crippen molar-refractivity contribution in [1.29, 1.82) is 0 Å². The van der Waals surface area contributed by atoms with Crippen LogP contribution in [0.1, 0.15) is 22.3 Å². The molecule has 0 fully saturated rings. The van der Waals surface area contributed by atoms with Gasteiger partial charge in [0.05, 0.1) is 6.04 Å². The van der Waals surface area contributed by atoms with Gasteiger partial charge in [0.25, 0.3) is 5.91 Å². The number of carbonyl (C=O) groups excluding carboxylic acids is 3. The monoisotopic (exact) mass is 441 g/mol. The highest BCUT2D eigenvalue weighted by molar-refractivity contribution is 6.25. The van der Waals surface area contributed by atoms with Crippen molar-refractivity contribution >= 4 is 23.2 Å². The third-order valence-electron chi connectivity index (χ3n) is 6.94. The van der Waals surface area contributed by atoms with E-state index in [-0.39, 0.29) is 12.0 Å². The first-order valence-electron chi connectivity index (χ1n) is 10.4. The molecule has 4 rings (SSSR count). The zero-order chi connectivity index (χ0) is 23.7. The number of nitrogens with two attached hydrogens (primary N) is 1. The Morgan fingerprint density at radius 1 is 1.16 bits per heavy atom. The zero-order valence-electron chi connectivity index (χ0n) is 18.4. The summed E-state index contributed by atoms with van der Waals surface area (Å²) < 4.78 is 0. The second-order valence-electron chi connectivity index (χ2n) is 9.17. The van der Waals surface area contributed by atoms with Gasteiger partial charge in [-0.2, -0.15) is 0 Å². The Balaban J connectivity index is 1.96. The highest BCUT2D eigenvalue weighted by Crippen LogP contribution is 2.52. The van der Waals surface area contributed by atoms with Crippen molar-refractivity contribution in [2.75, 3.05) is 33.1 Å². The summed E-state index contributed by atoms with van der Waals surface area (Å²) in [6, 6.07) is 4.55. The Morgan fingerprint density at radius 3 is 2.38 bits per heavy atom. The van der Waals surface area contributed by atoms with Gasteiger partial charge in [0.15, 0.2) is 11.4 Å². The maximum atomic E-state index is 13.6. The fourth-order valence-corrected chi connectivity index (χ4v) is 5.56. The predicted octanol–water partition coefficient (Wildman–Crippen LogP) is 0.481. The molecule has 0 aromatic heterocycles. The number of hydrogen-bond donors (Lipinski definition) is 4. The molecule has 3 aliphatic rings. The number of primary amides is 1. The molecule has 32 heavy (non-hydrogen) atoms. The number of carbonyl (C=O) groups is 3. The maximum Gasteiger partial charge on any atom is 0.255 e. The molecule has 9 nitrogen and oxygen atoms in total. The summed E-state index contributed by atoms with van der Waals surface area (Å²) in [4.78, 5) is 42.1. The van der Waals surface area contributed by atoms with E-state index in [1.165, 1.54) is 0 Å². The van der Waals surface area contributed by atoms with Gasteiger partial charge in [0, 0.05) is 36.8 Å². The Kier molecular flexibility index (Phi) is 4.94. The highest BCUT2D eigenvalue weighted by Gasteiger charge is 2.63. The van der Waals surface area contributed by atoms with E-state index in [1.807, 2.05) is 12.1 Å². The summed E-state index contributed by atoms with van der Waals surface area (Å²) in [6.45, 7) is 0. The number of nitrogens with zero attached hydrogens (tertiary/aromatic N) is 2. The van der Waals surface area contributed by atoms with Crippen molar-refractivity contribution in [3.05, 3.63) is 52.0 Å². The smallest absolute Gasteiger partial charge is 0.255 e. The Labute approximate surface area is 185 Å². The molecule has 0 aliphatic heterocycles. The number of allylic oxidation sites excluding steroid dienone is 1. The number of benzene rings is 1. The first-order chi connectivity index (χ1) is 14.9. The van der Waals surface area contributed by atoms with Crippen molar-refractivity contribution in [1.82, 2.24) is 4.90 Å². The van der Waals surface area contributed by atoms with Crippen molar-refractivity contribution in [2.45, 2.75) is 24.5 Å². The van der Waals surface area contributed by atoms with Crippen LogP contribution in [0.4, 0.5) is 5.69 Å². The van der Waals surface area contributed by atoms with Gasteiger partial charge in [0.1, 0.15) is 17.1 Å². The van der Waals surface area contributed by atoms with Gasteiger partial charge in [-0.15, -0.1) is 0 Å². The molecular weight excluding hydrogens is 414 g/mol. The molecule has 3 aliphatic carbocycles. The fourth-order valence-electron chi connectivity index (χ4n) is 5.56. The van der Waals surface area contributed by atoms with Crippen molar-refractivity contribution in [3.63, 3.8) is 0 Å². The van der Waals surface area contributed by atoms with Crippen molar-refractivity contribution in [2.24, 2.45) is 17.6 Å². The lowest BCUT2D eigenvalue weighted by atomic mass is 9.58. The quantitative estimate of drug-likeness (QED) is 0.496. The van der Waals surface area contributed by atoms with Crippen molar-refractivity contribution in [3.8, 4) is 0 Å². The Bertz CT molecular complexity index is 1120. The van der Waals surface area contributed by atoms with Crippen LogP contribution >= 0.6 is 0 Å². The lowest BCUT2D eigenvalue weighted by molar-refractivity contribution is -0.148. The van der Waals surface area contributed by atoms with Crippen LogP contribution in [0.15, 0.2) is 40.9 Å². The number of anilines is 1. The first kappa shape index (κ1) is 22.0. The highest BCUT2D eigenvalue weighted by atomic mass is 16.3. The standard InChI is InChI=1S/C23H27N3O6/c1-25(2)13-7-5-6-10-8-11-9-12-17(26(3)4)19(28)16(22(24)31)21(30)23(12,32)20(29)15(11)18(27)14(10)13/h5-7,11-12,17,28-29,32H,8-9H2,1-4H3,(H2,24,31)/t11?,12?,17-,23-/m0/s1. The van der Waals surface area contributed by atoms with Crippen LogP contribution in [0.3, 0.4) is 0 Å². The van der Waals surface area contributed by atoms with E-state index < -0.39 is 58.0 Å². The molecule has 1 aromatic carbocycles. The number of Topliss-reactive ketones (excluding diaryl/α,β-unsaturated/α-hetero) is 2. The molecule has 0 heterocycles. The molecule has 0 spiro atoms. The Hall–Kier alpha value is -3.17. The molecule has 0 radical (unpaired) electrons. The number of rotatable bonds is 3. The Morgan fingerprint density at radius 2 is 1.81 bits per heavy atom. The lowest BCUT2D eigenvalue weighted by Gasteiger charge is -2.50. The number of amides is 1. The third kappa shape index (κ3) is 2.74. The van der Waals surface area contributed by atoms with Crippen LogP contribution in [-0.4, -0.2) is 77.5 Å². The minimum Gasteiger partial charge on any atom is -0.510 e. The summed E-state index contributed by atoms with van der Waals surface area (Å²) in [5.74, 6) is -5.58. The average molecular weight is 441 g/mol. The molecule has 2 unspecified atom stereocenters. The zero-order valence-corrected chi connectivity index (χ0v) is 18.4. The second-order valence-corrected chi connectivity index (χ2v) is 9.17. The van der Waals surface area contributed by atoms with Crippen molar-refractivity contribution < 1.29 is 29.7 Å². The number of likely N-dealkylation sites (N-methyl/N-ethyl adjacent to an activating group) is 1. The molecule has 0 saturated heterocycles. The number of aliphatic hydroxyl groups is 3. The SMILES string of the molecule is CN(C)c1cccc2c1C(=O)C1=C(O)[C@]3(O)C(=O)C(C(N)=O)=C(O)[C@@H](N(C)C)C3CC1C2. The normalized spacial score (nSPS) is 29.6. The third-order valence-corrected chi connectivity index (χ3v) is 6.94. The van der Waals surface area contributed by atoms with E-state index in [9.17, 15) is 29.7 Å². The van der Waals surface area contributed by atoms with Crippen LogP contribution in [-0.2, 0) is 16.0 Å². The summed E-state index contributed by atoms with van der Waals surface area (Å²) in [6.07, 6.45) is 0.578. The topological polar surface area (TPSA) is 144 Å². The van der Waals surface area contributed by atoms with Crippen LogP contribution in [0.2, 0.25) is 0 Å². The van der Waals surface area contributed by atoms with Crippen LogP contribution in [0, 0.1) is 11.8 Å². The van der Waals surface area contributed by atoms with Gasteiger partial charge in [-0.1, -0.05) is 12.1 Å². The number of aliphatic hydroxyl groups excluding tert-OH is 2. The minimum atomic E-state index is -2.54. The predicted molar refractivity (Wildman–Crippen MR) is 116 cm³/mol. The number of hydrogen-bond acceptors (Lipinski definition) is 8. The van der Waals surface area contributed by atoms with E-state index in [4.69, 9.17) is 5.73 Å². The molecular formula is C23H27N3O6. The number of ketones is 2. The molecule has 4 atom stereocenters. The lowest BCUT2D eigenvalue weighted by Crippen LogP contribution is -2.63. The van der Waals surface area contributed by atoms with Gasteiger partial charge in [-0.25, -0.2) is 0 Å². The largest absolute Gasteiger partial charge is 0.510 e. The van der Waals surface area contributed by atoms with Gasteiger partial charge < -0.3 is 26.0 Å². The van der Waals surface area contributed by atoms with E-state index >= 15 is 0 Å². The molecule has 170 valence electrons. The average Bonchev–Trinajstić information content (AvgIpc) is 2.69. The van der Waals surface area contributed by atoms with E-state index in [1.54, 1.807) is 44.1 Å². The summed E-state index contributed by atoms with van der Waals surface area (Å²) in [7, 11) is 6.84. The molecule has 0 saturated carbocycles. The summed E-state index contributed by atoms with van der Waals surface area (Å²) in [5, 5.41) is 33.5. The maximum absolute atomic E-state index is 13.6. The van der Waals surface area contributed by atoms with Crippen LogP contribution < -0.4 is 10.6 Å². The van der Waals surface area contributed by atoms with E-state index in [0.717, 1.165) is 5.56 Å².